The number of hydrogen-bond donors (Lipinski definition) is 0. The average molecular weight is 434 g/mol. The van der Waals surface area contributed by atoms with Crippen molar-refractivity contribution in [3.8, 4) is 11.1 Å². The van der Waals surface area contributed by atoms with E-state index < -0.39 is 0 Å². The van der Waals surface area contributed by atoms with Gasteiger partial charge >= 0.3 is 0 Å². The standard InChI is InChI=1S/C23H23N5O2S/c29-21-14-20(26-8-10-27(11-9-26)23(30)22-25-7-12-31-22)16-28(21)19-5-1-3-17(13-19)18-4-2-6-24-15-18/h1-7,12-13,15,20H,8-11,14,16H2. The maximum absolute atomic E-state index is 12.8. The van der Waals surface area contributed by atoms with Gasteiger partial charge in [0.15, 0.2) is 5.01 Å². The fraction of sp³-hybridized carbons (Fsp3) is 0.304. The molecule has 1 aromatic carbocycles. The molecule has 8 heteroatoms. The summed E-state index contributed by atoms with van der Waals surface area (Å²) < 4.78 is 0. The molecule has 7 nitrogen and oxygen atoms in total. The fourth-order valence-electron chi connectivity index (χ4n) is 4.32. The number of benzene rings is 1. The smallest absolute Gasteiger partial charge is 0.282 e. The number of carbonyl (C=O) groups is 2. The van der Waals surface area contributed by atoms with Crippen LogP contribution in [-0.4, -0.2) is 70.3 Å². The molecule has 0 radical (unpaired) electrons. The van der Waals surface area contributed by atoms with Gasteiger partial charge in [-0.3, -0.25) is 19.5 Å². The number of rotatable bonds is 4. The molecule has 2 aliphatic rings. The number of pyridine rings is 1. The predicted molar refractivity (Wildman–Crippen MR) is 120 cm³/mol. The molecule has 2 aliphatic heterocycles. The number of thiazole rings is 1. The number of hydrogen-bond acceptors (Lipinski definition) is 6. The summed E-state index contributed by atoms with van der Waals surface area (Å²) in [6.07, 6.45) is 5.76. The van der Waals surface area contributed by atoms with Crippen LogP contribution in [0.15, 0.2) is 60.4 Å². The first-order chi connectivity index (χ1) is 15.2. The lowest BCUT2D eigenvalue weighted by molar-refractivity contribution is -0.117. The molecular formula is C23H23N5O2S. The Hall–Kier alpha value is -3.10. The van der Waals surface area contributed by atoms with Gasteiger partial charge in [0.25, 0.3) is 5.91 Å². The highest BCUT2D eigenvalue weighted by atomic mass is 32.1. The SMILES string of the molecule is O=C(c1nccs1)N1CCN(C2CC(=O)N(c3cccc(-c4cccnc4)c3)C2)CC1. The zero-order valence-electron chi connectivity index (χ0n) is 17.1. The van der Waals surface area contributed by atoms with E-state index in [1.165, 1.54) is 11.3 Å². The quantitative estimate of drug-likeness (QED) is 0.633. The molecule has 0 bridgehead atoms. The number of anilines is 1. The van der Waals surface area contributed by atoms with E-state index in [-0.39, 0.29) is 17.9 Å². The summed E-state index contributed by atoms with van der Waals surface area (Å²) in [6, 6.07) is 12.2. The number of nitrogens with zero attached hydrogens (tertiary/aromatic N) is 5. The van der Waals surface area contributed by atoms with E-state index >= 15 is 0 Å². The van der Waals surface area contributed by atoms with Crippen LogP contribution in [0.1, 0.15) is 16.2 Å². The Labute approximate surface area is 185 Å². The second kappa shape index (κ2) is 8.56. The second-order valence-electron chi connectivity index (χ2n) is 7.82. The lowest BCUT2D eigenvalue weighted by Gasteiger charge is -2.37. The van der Waals surface area contributed by atoms with Crippen LogP contribution in [0.5, 0.6) is 0 Å². The second-order valence-corrected chi connectivity index (χ2v) is 8.71. The van der Waals surface area contributed by atoms with E-state index in [1.807, 2.05) is 51.7 Å². The highest BCUT2D eigenvalue weighted by Gasteiger charge is 2.36. The average Bonchev–Trinajstić information content (AvgIpc) is 3.50. The molecule has 1 unspecified atom stereocenters. The van der Waals surface area contributed by atoms with Crippen molar-refractivity contribution in [2.45, 2.75) is 12.5 Å². The summed E-state index contributed by atoms with van der Waals surface area (Å²) in [6.45, 7) is 3.56. The van der Waals surface area contributed by atoms with E-state index in [0.29, 0.717) is 31.1 Å². The molecule has 5 rings (SSSR count). The fourth-order valence-corrected chi connectivity index (χ4v) is 4.93. The molecular weight excluding hydrogens is 410 g/mol. The van der Waals surface area contributed by atoms with E-state index in [0.717, 1.165) is 29.9 Å². The summed E-state index contributed by atoms with van der Waals surface area (Å²) in [5.41, 5.74) is 3.01. The molecule has 0 spiro atoms. The number of carbonyl (C=O) groups excluding carboxylic acids is 2. The summed E-state index contributed by atoms with van der Waals surface area (Å²) in [7, 11) is 0. The van der Waals surface area contributed by atoms with Crippen molar-refractivity contribution in [2.75, 3.05) is 37.6 Å². The molecule has 2 amide bonds. The van der Waals surface area contributed by atoms with Crippen LogP contribution >= 0.6 is 11.3 Å². The molecule has 2 aromatic heterocycles. The Bertz CT molecular complexity index is 1060. The van der Waals surface area contributed by atoms with Gasteiger partial charge in [0.1, 0.15) is 0 Å². The molecule has 0 aliphatic carbocycles. The topological polar surface area (TPSA) is 69.6 Å². The highest BCUT2D eigenvalue weighted by molar-refractivity contribution is 7.11. The van der Waals surface area contributed by atoms with Gasteiger partial charge in [-0.2, -0.15) is 0 Å². The molecule has 158 valence electrons. The van der Waals surface area contributed by atoms with Crippen molar-refractivity contribution in [3.05, 3.63) is 65.4 Å². The summed E-state index contributed by atoms with van der Waals surface area (Å²) in [5.74, 6) is 0.153. The van der Waals surface area contributed by atoms with Crippen molar-refractivity contribution >= 4 is 28.8 Å². The van der Waals surface area contributed by atoms with Crippen molar-refractivity contribution in [3.63, 3.8) is 0 Å². The van der Waals surface area contributed by atoms with Crippen LogP contribution < -0.4 is 4.90 Å². The molecule has 2 fully saturated rings. The minimum absolute atomic E-state index is 0.00555. The van der Waals surface area contributed by atoms with Gasteiger partial charge in [-0.1, -0.05) is 18.2 Å². The summed E-state index contributed by atoms with van der Waals surface area (Å²) in [5, 5.41) is 2.37. The Kier molecular flexibility index (Phi) is 5.48. The molecule has 0 saturated carbocycles. The summed E-state index contributed by atoms with van der Waals surface area (Å²) in [4.78, 5) is 39.7. The molecule has 4 heterocycles. The van der Waals surface area contributed by atoms with Crippen molar-refractivity contribution < 1.29 is 9.59 Å². The maximum atomic E-state index is 12.8. The molecule has 3 aromatic rings. The van der Waals surface area contributed by atoms with Gasteiger partial charge in [0.2, 0.25) is 5.91 Å². The first-order valence-corrected chi connectivity index (χ1v) is 11.3. The highest BCUT2D eigenvalue weighted by Crippen LogP contribution is 2.29. The van der Waals surface area contributed by atoms with Gasteiger partial charge in [0, 0.05) is 80.4 Å². The van der Waals surface area contributed by atoms with Gasteiger partial charge in [-0.05, 0) is 23.8 Å². The lowest BCUT2D eigenvalue weighted by Crippen LogP contribution is -2.52. The largest absolute Gasteiger partial charge is 0.334 e. The zero-order valence-corrected chi connectivity index (χ0v) is 17.9. The maximum Gasteiger partial charge on any atom is 0.282 e. The minimum Gasteiger partial charge on any atom is -0.334 e. The predicted octanol–water partition coefficient (Wildman–Crippen LogP) is 2.77. The van der Waals surface area contributed by atoms with E-state index in [2.05, 4.69) is 20.9 Å². The summed E-state index contributed by atoms with van der Waals surface area (Å²) >= 11 is 1.38. The molecule has 31 heavy (non-hydrogen) atoms. The number of piperazine rings is 1. The van der Waals surface area contributed by atoms with Crippen molar-refractivity contribution in [1.29, 1.82) is 0 Å². The Balaban J connectivity index is 1.24. The van der Waals surface area contributed by atoms with Gasteiger partial charge in [-0.25, -0.2) is 4.98 Å². The molecule has 0 N–H and O–H groups in total. The van der Waals surface area contributed by atoms with Gasteiger partial charge < -0.3 is 9.80 Å². The molecule has 1 atom stereocenters. The normalized spacial score (nSPS) is 19.7. The van der Waals surface area contributed by atoms with Crippen LogP contribution in [0.4, 0.5) is 5.69 Å². The van der Waals surface area contributed by atoms with Crippen LogP contribution in [-0.2, 0) is 4.79 Å². The Morgan fingerprint density at radius 3 is 2.61 bits per heavy atom. The van der Waals surface area contributed by atoms with Crippen LogP contribution in [0.2, 0.25) is 0 Å². The Morgan fingerprint density at radius 2 is 1.87 bits per heavy atom. The monoisotopic (exact) mass is 433 g/mol. The van der Waals surface area contributed by atoms with E-state index in [4.69, 9.17) is 0 Å². The third kappa shape index (κ3) is 4.08. The van der Waals surface area contributed by atoms with Crippen molar-refractivity contribution in [2.24, 2.45) is 0 Å². The lowest BCUT2D eigenvalue weighted by atomic mass is 10.1. The zero-order chi connectivity index (χ0) is 21.2. The van der Waals surface area contributed by atoms with Gasteiger partial charge in [0.05, 0.1) is 0 Å². The third-order valence-corrected chi connectivity index (χ3v) is 6.75. The van der Waals surface area contributed by atoms with Crippen molar-refractivity contribution in [1.82, 2.24) is 19.8 Å². The van der Waals surface area contributed by atoms with E-state index in [1.54, 1.807) is 12.4 Å². The van der Waals surface area contributed by atoms with Crippen LogP contribution in [0, 0.1) is 0 Å². The van der Waals surface area contributed by atoms with E-state index in [9.17, 15) is 9.59 Å². The first kappa shape index (κ1) is 19.8. The number of aromatic nitrogens is 2. The van der Waals surface area contributed by atoms with Crippen LogP contribution in [0.25, 0.3) is 11.1 Å². The van der Waals surface area contributed by atoms with Gasteiger partial charge in [-0.15, -0.1) is 11.3 Å². The first-order valence-electron chi connectivity index (χ1n) is 10.4. The molecule has 2 saturated heterocycles. The Morgan fingerprint density at radius 1 is 1.03 bits per heavy atom. The third-order valence-electron chi connectivity index (χ3n) is 5.99. The van der Waals surface area contributed by atoms with Crippen LogP contribution in [0.3, 0.4) is 0 Å². The number of amides is 2. The minimum atomic E-state index is 0.00555.